The Morgan fingerprint density at radius 2 is 2.10 bits per heavy atom. The van der Waals surface area contributed by atoms with Crippen LogP contribution >= 0.6 is 0 Å². The van der Waals surface area contributed by atoms with Crippen LogP contribution in [0.2, 0.25) is 0 Å². The second kappa shape index (κ2) is 8.00. The number of hydrogen-bond donors (Lipinski definition) is 1. The quantitative estimate of drug-likeness (QED) is 0.785. The molecule has 0 fully saturated rings. The molecular weight excluding hydrogens is 257 g/mol. The van der Waals surface area contributed by atoms with E-state index >= 15 is 0 Å². The summed E-state index contributed by atoms with van der Waals surface area (Å²) in [5.41, 5.74) is 0.211. The standard InChI is InChI=1S/C16H24FNO2/c1-4-6-10-18(12(3)5-2)11-13-8-7-9-14(15(13)17)16(19)20/h7-9,12H,4-6,10-11H2,1-3H3,(H,19,20). The smallest absolute Gasteiger partial charge is 0.338 e. The average molecular weight is 281 g/mol. The summed E-state index contributed by atoms with van der Waals surface area (Å²) >= 11 is 0. The van der Waals surface area contributed by atoms with Gasteiger partial charge in [0.1, 0.15) is 5.82 Å². The van der Waals surface area contributed by atoms with Gasteiger partial charge < -0.3 is 5.11 Å². The molecule has 1 atom stereocenters. The molecule has 0 aliphatic heterocycles. The largest absolute Gasteiger partial charge is 0.478 e. The fourth-order valence-electron chi connectivity index (χ4n) is 2.16. The summed E-state index contributed by atoms with van der Waals surface area (Å²) in [5.74, 6) is -1.82. The Bertz CT molecular complexity index is 448. The van der Waals surface area contributed by atoms with Crippen molar-refractivity contribution in [3.05, 3.63) is 35.1 Å². The van der Waals surface area contributed by atoms with E-state index in [0.29, 0.717) is 18.2 Å². The fraction of sp³-hybridized carbons (Fsp3) is 0.562. The Morgan fingerprint density at radius 1 is 1.40 bits per heavy atom. The molecule has 20 heavy (non-hydrogen) atoms. The number of rotatable bonds is 8. The Morgan fingerprint density at radius 3 is 2.65 bits per heavy atom. The van der Waals surface area contributed by atoms with E-state index in [9.17, 15) is 9.18 Å². The summed E-state index contributed by atoms with van der Waals surface area (Å²) in [6, 6.07) is 4.94. The normalized spacial score (nSPS) is 12.7. The Hall–Kier alpha value is -1.42. The van der Waals surface area contributed by atoms with Crippen LogP contribution in [0.3, 0.4) is 0 Å². The molecular formula is C16H24FNO2. The minimum Gasteiger partial charge on any atom is -0.478 e. The fourth-order valence-corrected chi connectivity index (χ4v) is 2.16. The van der Waals surface area contributed by atoms with Gasteiger partial charge in [-0.3, -0.25) is 4.90 Å². The van der Waals surface area contributed by atoms with Crippen LogP contribution in [-0.4, -0.2) is 28.6 Å². The lowest BCUT2D eigenvalue weighted by Crippen LogP contribution is -2.33. The number of unbranched alkanes of at least 4 members (excludes halogenated alkanes) is 1. The lowest BCUT2D eigenvalue weighted by molar-refractivity contribution is 0.0691. The van der Waals surface area contributed by atoms with Crippen LogP contribution in [0, 0.1) is 5.82 Å². The molecule has 3 nitrogen and oxygen atoms in total. The van der Waals surface area contributed by atoms with Gasteiger partial charge >= 0.3 is 5.97 Å². The first-order valence-electron chi connectivity index (χ1n) is 7.25. The molecule has 0 aliphatic carbocycles. The van der Waals surface area contributed by atoms with Crippen molar-refractivity contribution in [1.82, 2.24) is 4.90 Å². The molecule has 1 aromatic rings. The highest BCUT2D eigenvalue weighted by Gasteiger charge is 2.18. The minimum absolute atomic E-state index is 0.248. The van der Waals surface area contributed by atoms with Crippen molar-refractivity contribution in [2.24, 2.45) is 0 Å². The number of carboxylic acids is 1. The average Bonchev–Trinajstić information content (AvgIpc) is 2.43. The number of benzene rings is 1. The molecule has 0 amide bonds. The van der Waals surface area contributed by atoms with Gasteiger partial charge in [-0.05, 0) is 32.4 Å². The number of nitrogens with zero attached hydrogens (tertiary/aromatic N) is 1. The van der Waals surface area contributed by atoms with Gasteiger partial charge in [0.2, 0.25) is 0 Å². The van der Waals surface area contributed by atoms with Crippen molar-refractivity contribution in [2.75, 3.05) is 6.54 Å². The van der Waals surface area contributed by atoms with Gasteiger partial charge in [-0.25, -0.2) is 9.18 Å². The van der Waals surface area contributed by atoms with Crippen molar-refractivity contribution in [1.29, 1.82) is 0 Å². The first-order chi connectivity index (χ1) is 9.51. The van der Waals surface area contributed by atoms with E-state index in [1.165, 1.54) is 6.07 Å². The van der Waals surface area contributed by atoms with E-state index in [2.05, 4.69) is 25.7 Å². The number of aromatic carboxylic acids is 1. The highest BCUT2D eigenvalue weighted by molar-refractivity contribution is 5.88. The van der Waals surface area contributed by atoms with E-state index in [1.54, 1.807) is 12.1 Å². The first-order valence-corrected chi connectivity index (χ1v) is 7.25. The van der Waals surface area contributed by atoms with Crippen LogP contribution in [0.15, 0.2) is 18.2 Å². The molecule has 0 aliphatic rings. The third-order valence-electron chi connectivity index (χ3n) is 3.70. The summed E-state index contributed by atoms with van der Waals surface area (Å²) in [5, 5.41) is 8.97. The predicted octanol–water partition coefficient (Wildman–Crippen LogP) is 3.92. The van der Waals surface area contributed by atoms with Gasteiger partial charge in [-0.2, -0.15) is 0 Å². The van der Waals surface area contributed by atoms with Crippen LogP contribution in [-0.2, 0) is 6.54 Å². The number of carbonyl (C=O) groups is 1. The molecule has 0 saturated carbocycles. The second-order valence-corrected chi connectivity index (χ2v) is 5.17. The SMILES string of the molecule is CCCCN(Cc1cccc(C(=O)O)c1F)C(C)CC. The van der Waals surface area contributed by atoms with Crippen LogP contribution in [0.25, 0.3) is 0 Å². The van der Waals surface area contributed by atoms with Gasteiger partial charge in [0.25, 0.3) is 0 Å². The zero-order valence-corrected chi connectivity index (χ0v) is 12.5. The van der Waals surface area contributed by atoms with Crippen LogP contribution in [0.4, 0.5) is 4.39 Å². The molecule has 1 unspecified atom stereocenters. The predicted molar refractivity (Wildman–Crippen MR) is 78.4 cm³/mol. The summed E-state index contributed by atoms with van der Waals surface area (Å²) in [6.07, 6.45) is 3.14. The highest BCUT2D eigenvalue weighted by Crippen LogP contribution is 2.18. The molecule has 0 radical (unpaired) electrons. The van der Waals surface area contributed by atoms with Crippen molar-refractivity contribution in [3.8, 4) is 0 Å². The van der Waals surface area contributed by atoms with Gasteiger partial charge in [-0.15, -0.1) is 0 Å². The van der Waals surface area contributed by atoms with E-state index in [0.717, 1.165) is 25.8 Å². The Balaban J connectivity index is 2.93. The minimum atomic E-state index is -1.21. The molecule has 1 aromatic carbocycles. The van der Waals surface area contributed by atoms with Crippen molar-refractivity contribution in [2.45, 2.75) is 52.6 Å². The second-order valence-electron chi connectivity index (χ2n) is 5.17. The van der Waals surface area contributed by atoms with Gasteiger partial charge in [0.05, 0.1) is 5.56 Å². The zero-order valence-electron chi connectivity index (χ0n) is 12.5. The zero-order chi connectivity index (χ0) is 15.1. The summed E-state index contributed by atoms with van der Waals surface area (Å²) in [6.45, 7) is 7.72. The molecule has 0 spiro atoms. The molecule has 0 heterocycles. The lowest BCUT2D eigenvalue weighted by atomic mass is 10.1. The molecule has 1 rings (SSSR count). The van der Waals surface area contributed by atoms with Gasteiger partial charge in [0, 0.05) is 18.2 Å². The van der Waals surface area contributed by atoms with E-state index < -0.39 is 11.8 Å². The third-order valence-corrected chi connectivity index (χ3v) is 3.70. The number of hydrogen-bond acceptors (Lipinski definition) is 2. The molecule has 0 bridgehead atoms. The topological polar surface area (TPSA) is 40.5 Å². The van der Waals surface area contributed by atoms with Crippen molar-refractivity contribution in [3.63, 3.8) is 0 Å². The molecule has 1 N–H and O–H groups in total. The van der Waals surface area contributed by atoms with E-state index in [1.807, 2.05) is 0 Å². The molecule has 0 saturated heterocycles. The Kier molecular flexibility index (Phi) is 6.65. The first kappa shape index (κ1) is 16.6. The van der Waals surface area contributed by atoms with E-state index in [-0.39, 0.29) is 5.56 Å². The van der Waals surface area contributed by atoms with Gasteiger partial charge in [-0.1, -0.05) is 32.4 Å². The number of carboxylic acid groups (broad SMARTS) is 1. The summed E-state index contributed by atoms with van der Waals surface area (Å²) in [4.78, 5) is 13.2. The maximum atomic E-state index is 14.2. The van der Waals surface area contributed by atoms with Crippen LogP contribution in [0.1, 0.15) is 56.0 Å². The maximum absolute atomic E-state index is 14.2. The molecule has 4 heteroatoms. The molecule has 0 aromatic heterocycles. The maximum Gasteiger partial charge on any atom is 0.338 e. The monoisotopic (exact) mass is 281 g/mol. The lowest BCUT2D eigenvalue weighted by Gasteiger charge is -2.28. The summed E-state index contributed by atoms with van der Waals surface area (Å²) < 4.78 is 14.2. The number of halogens is 1. The Labute approximate surface area is 120 Å². The van der Waals surface area contributed by atoms with E-state index in [4.69, 9.17) is 5.11 Å². The summed E-state index contributed by atoms with van der Waals surface area (Å²) in [7, 11) is 0. The van der Waals surface area contributed by atoms with Crippen LogP contribution in [0.5, 0.6) is 0 Å². The van der Waals surface area contributed by atoms with Crippen LogP contribution < -0.4 is 0 Å². The van der Waals surface area contributed by atoms with Crippen molar-refractivity contribution < 1.29 is 14.3 Å². The van der Waals surface area contributed by atoms with Crippen molar-refractivity contribution >= 4 is 5.97 Å². The molecule has 112 valence electrons. The third kappa shape index (κ3) is 4.30. The highest BCUT2D eigenvalue weighted by atomic mass is 19.1. The van der Waals surface area contributed by atoms with Gasteiger partial charge in [0.15, 0.2) is 0 Å².